The quantitative estimate of drug-likeness (QED) is 0.676. The van der Waals surface area contributed by atoms with Crippen molar-refractivity contribution in [1.29, 1.82) is 0 Å². The molecule has 0 saturated heterocycles. The fourth-order valence-corrected chi connectivity index (χ4v) is 2.64. The van der Waals surface area contributed by atoms with E-state index in [1.807, 2.05) is 6.92 Å². The van der Waals surface area contributed by atoms with Gasteiger partial charge in [-0.2, -0.15) is 0 Å². The molecular weight excluding hydrogens is 200 g/mol. The molecule has 1 aliphatic rings. The second-order valence-corrected chi connectivity index (χ2v) is 5.21. The van der Waals surface area contributed by atoms with Crippen molar-refractivity contribution in [1.82, 2.24) is 0 Å². The Labute approximate surface area is 100 Å². The lowest BCUT2D eigenvalue weighted by Crippen LogP contribution is -2.27. The minimum Gasteiger partial charge on any atom is -0.393 e. The van der Waals surface area contributed by atoms with Gasteiger partial charge in [-0.1, -0.05) is 26.2 Å². The van der Waals surface area contributed by atoms with Gasteiger partial charge in [0.2, 0.25) is 0 Å². The molecule has 0 aromatic rings. The molecule has 1 N–H and O–H groups in total. The molecule has 16 heavy (non-hydrogen) atoms. The van der Waals surface area contributed by atoms with E-state index in [4.69, 9.17) is 9.84 Å². The van der Waals surface area contributed by atoms with Crippen molar-refractivity contribution in [2.75, 3.05) is 6.61 Å². The minimum atomic E-state index is -0.155. The topological polar surface area (TPSA) is 29.5 Å². The van der Waals surface area contributed by atoms with Crippen molar-refractivity contribution in [3.8, 4) is 0 Å². The molecule has 1 aliphatic carbocycles. The van der Waals surface area contributed by atoms with Crippen molar-refractivity contribution >= 4 is 0 Å². The first-order valence-electron chi connectivity index (χ1n) is 7.03. The molecular formula is C14H28O2. The van der Waals surface area contributed by atoms with Gasteiger partial charge in [-0.15, -0.1) is 0 Å². The summed E-state index contributed by atoms with van der Waals surface area (Å²) in [5.41, 5.74) is 0. The van der Waals surface area contributed by atoms with Crippen LogP contribution < -0.4 is 0 Å². The lowest BCUT2D eigenvalue weighted by atomic mass is 9.85. The number of hydrogen-bond acceptors (Lipinski definition) is 2. The summed E-state index contributed by atoms with van der Waals surface area (Å²) in [6, 6.07) is 0. The molecule has 0 radical (unpaired) electrons. The summed E-state index contributed by atoms with van der Waals surface area (Å²) >= 11 is 0. The second-order valence-electron chi connectivity index (χ2n) is 5.21. The van der Waals surface area contributed by atoms with Gasteiger partial charge >= 0.3 is 0 Å². The highest BCUT2D eigenvalue weighted by atomic mass is 16.5. The Hall–Kier alpha value is -0.0800. The molecule has 0 bridgehead atoms. The van der Waals surface area contributed by atoms with E-state index >= 15 is 0 Å². The van der Waals surface area contributed by atoms with Crippen LogP contribution in [0.15, 0.2) is 0 Å². The van der Waals surface area contributed by atoms with Crippen molar-refractivity contribution < 1.29 is 9.84 Å². The molecule has 3 unspecified atom stereocenters. The van der Waals surface area contributed by atoms with Gasteiger partial charge in [-0.3, -0.25) is 0 Å². The highest BCUT2D eigenvalue weighted by Crippen LogP contribution is 2.29. The Morgan fingerprint density at radius 2 is 2.00 bits per heavy atom. The summed E-state index contributed by atoms with van der Waals surface area (Å²) in [7, 11) is 0. The molecule has 3 atom stereocenters. The molecule has 1 saturated carbocycles. The molecule has 2 nitrogen and oxygen atoms in total. The molecule has 2 heteroatoms. The molecule has 1 rings (SSSR count). The second kappa shape index (κ2) is 8.08. The zero-order valence-corrected chi connectivity index (χ0v) is 11.0. The maximum absolute atomic E-state index is 9.14. The predicted octanol–water partition coefficient (Wildman–Crippen LogP) is 3.52. The molecule has 1 fully saturated rings. The summed E-state index contributed by atoms with van der Waals surface area (Å²) in [4.78, 5) is 0. The maximum Gasteiger partial charge on any atom is 0.0603 e. The van der Waals surface area contributed by atoms with Gasteiger partial charge in [0.05, 0.1) is 12.2 Å². The highest BCUT2D eigenvalue weighted by Gasteiger charge is 2.23. The molecule has 0 aromatic heterocycles. The standard InChI is InChI=1S/C14H28O2/c1-3-13-9-4-5-10-14(13)16-11-7-6-8-12(2)15/h12-15H,3-11H2,1-2H3. The lowest BCUT2D eigenvalue weighted by Gasteiger charge is -2.30. The largest absolute Gasteiger partial charge is 0.393 e. The first-order chi connectivity index (χ1) is 7.74. The summed E-state index contributed by atoms with van der Waals surface area (Å²) in [6.45, 7) is 5.02. The van der Waals surface area contributed by atoms with E-state index < -0.39 is 0 Å². The normalized spacial score (nSPS) is 27.9. The van der Waals surface area contributed by atoms with Gasteiger partial charge < -0.3 is 9.84 Å². The molecule has 0 amide bonds. The first kappa shape index (κ1) is 14.0. The van der Waals surface area contributed by atoms with Crippen LogP contribution in [0.3, 0.4) is 0 Å². The Kier molecular flexibility index (Phi) is 7.06. The summed E-state index contributed by atoms with van der Waals surface area (Å²) < 4.78 is 5.99. The van der Waals surface area contributed by atoms with Gasteiger partial charge in [-0.25, -0.2) is 0 Å². The Morgan fingerprint density at radius 1 is 1.25 bits per heavy atom. The molecule has 0 heterocycles. The van der Waals surface area contributed by atoms with Crippen molar-refractivity contribution in [3.05, 3.63) is 0 Å². The molecule has 0 aliphatic heterocycles. The van der Waals surface area contributed by atoms with Gasteiger partial charge in [0.25, 0.3) is 0 Å². The number of rotatable bonds is 7. The minimum absolute atomic E-state index is 0.155. The average molecular weight is 228 g/mol. The Morgan fingerprint density at radius 3 is 2.69 bits per heavy atom. The van der Waals surface area contributed by atoms with Gasteiger partial charge in [0, 0.05) is 6.61 Å². The number of hydrogen-bond donors (Lipinski definition) is 1. The van der Waals surface area contributed by atoms with E-state index in [2.05, 4.69) is 6.92 Å². The smallest absolute Gasteiger partial charge is 0.0603 e. The third-order valence-electron chi connectivity index (χ3n) is 3.71. The first-order valence-corrected chi connectivity index (χ1v) is 7.03. The van der Waals surface area contributed by atoms with Crippen LogP contribution in [0.1, 0.15) is 65.2 Å². The molecule has 0 spiro atoms. The van der Waals surface area contributed by atoms with E-state index in [0.29, 0.717) is 6.10 Å². The van der Waals surface area contributed by atoms with Crippen LogP contribution in [0.4, 0.5) is 0 Å². The van der Waals surface area contributed by atoms with Crippen molar-refractivity contribution in [2.24, 2.45) is 5.92 Å². The van der Waals surface area contributed by atoms with Gasteiger partial charge in [0.15, 0.2) is 0 Å². The van der Waals surface area contributed by atoms with Crippen LogP contribution in [0, 0.1) is 5.92 Å². The third kappa shape index (κ3) is 5.31. The van der Waals surface area contributed by atoms with Crippen LogP contribution in [0.25, 0.3) is 0 Å². The number of ether oxygens (including phenoxy) is 1. The fraction of sp³-hybridized carbons (Fsp3) is 1.00. The third-order valence-corrected chi connectivity index (χ3v) is 3.71. The van der Waals surface area contributed by atoms with E-state index in [1.165, 1.54) is 32.1 Å². The van der Waals surface area contributed by atoms with E-state index in [-0.39, 0.29) is 6.10 Å². The van der Waals surface area contributed by atoms with E-state index in [9.17, 15) is 0 Å². The van der Waals surface area contributed by atoms with Crippen molar-refractivity contribution in [2.45, 2.75) is 77.4 Å². The Bertz CT molecular complexity index is 168. The maximum atomic E-state index is 9.14. The highest BCUT2D eigenvalue weighted by molar-refractivity contribution is 4.74. The predicted molar refractivity (Wildman–Crippen MR) is 67.5 cm³/mol. The molecule has 96 valence electrons. The summed E-state index contributed by atoms with van der Waals surface area (Å²) in [5.74, 6) is 0.797. The van der Waals surface area contributed by atoms with Crippen LogP contribution in [-0.2, 0) is 4.74 Å². The van der Waals surface area contributed by atoms with Crippen LogP contribution in [0.5, 0.6) is 0 Å². The number of aliphatic hydroxyl groups excluding tert-OH is 1. The van der Waals surface area contributed by atoms with Crippen molar-refractivity contribution in [3.63, 3.8) is 0 Å². The van der Waals surface area contributed by atoms with Crippen LogP contribution >= 0.6 is 0 Å². The summed E-state index contributed by atoms with van der Waals surface area (Å²) in [5, 5.41) is 9.14. The van der Waals surface area contributed by atoms with Gasteiger partial charge in [0.1, 0.15) is 0 Å². The fourth-order valence-electron chi connectivity index (χ4n) is 2.64. The lowest BCUT2D eigenvalue weighted by molar-refractivity contribution is -0.0141. The van der Waals surface area contributed by atoms with Crippen LogP contribution in [-0.4, -0.2) is 23.9 Å². The Balaban J connectivity index is 2.06. The SMILES string of the molecule is CCC1CCCCC1OCCCCC(C)O. The zero-order valence-electron chi connectivity index (χ0n) is 11.0. The molecule has 0 aromatic carbocycles. The zero-order chi connectivity index (χ0) is 11.8. The summed E-state index contributed by atoms with van der Waals surface area (Å²) in [6.07, 6.45) is 10.1. The van der Waals surface area contributed by atoms with Gasteiger partial charge in [-0.05, 0) is 44.9 Å². The monoisotopic (exact) mass is 228 g/mol. The van der Waals surface area contributed by atoms with E-state index in [1.54, 1.807) is 0 Å². The number of aliphatic hydroxyl groups is 1. The van der Waals surface area contributed by atoms with Crippen LogP contribution in [0.2, 0.25) is 0 Å². The number of unbranched alkanes of at least 4 members (excludes halogenated alkanes) is 1. The average Bonchev–Trinajstić information content (AvgIpc) is 2.29. The van der Waals surface area contributed by atoms with E-state index in [0.717, 1.165) is 31.8 Å².